The van der Waals surface area contributed by atoms with Gasteiger partial charge in [0.15, 0.2) is 29.2 Å². The number of hydrogen-bond donors (Lipinski definition) is 1. The molecule has 0 radical (unpaired) electrons. The summed E-state index contributed by atoms with van der Waals surface area (Å²) in [7, 11) is 0. The number of carboxylic acids is 1. The van der Waals surface area contributed by atoms with Crippen LogP contribution >= 0.6 is 0 Å². The molecule has 0 aliphatic heterocycles. The van der Waals surface area contributed by atoms with Crippen LogP contribution in [0.4, 0.5) is 8.78 Å². The molecular formula is C13H13F2N4O4+. The average Bonchev–Trinajstić information content (AvgIpc) is 2.89. The molecule has 0 amide bonds. The zero-order valence-electron chi connectivity index (χ0n) is 12.0. The Labute approximate surface area is 128 Å². The van der Waals surface area contributed by atoms with E-state index in [9.17, 15) is 18.4 Å². The van der Waals surface area contributed by atoms with Crippen molar-refractivity contribution < 1.29 is 33.1 Å². The van der Waals surface area contributed by atoms with Crippen LogP contribution in [0.1, 0.15) is 13.3 Å². The number of halogens is 2. The second-order valence-corrected chi connectivity index (χ2v) is 4.76. The van der Waals surface area contributed by atoms with Crippen LogP contribution in [0.2, 0.25) is 0 Å². The second-order valence-electron chi connectivity index (χ2n) is 4.76. The molecule has 1 N–H and O–H groups in total. The maximum atomic E-state index is 13.5. The Morgan fingerprint density at radius 2 is 2.04 bits per heavy atom. The molecule has 23 heavy (non-hydrogen) atoms. The molecule has 1 heterocycles. The molecular weight excluding hydrogens is 314 g/mol. The largest absolute Gasteiger partial charge is 0.481 e. The first-order chi connectivity index (χ1) is 10.9. The zero-order chi connectivity index (χ0) is 17.0. The van der Waals surface area contributed by atoms with Crippen molar-refractivity contribution in [1.29, 1.82) is 0 Å². The van der Waals surface area contributed by atoms with Crippen molar-refractivity contribution in [2.45, 2.75) is 19.9 Å². The van der Waals surface area contributed by atoms with E-state index in [1.54, 1.807) is 0 Å². The van der Waals surface area contributed by atoms with Gasteiger partial charge in [0.25, 0.3) is 0 Å². The lowest BCUT2D eigenvalue weighted by molar-refractivity contribution is -0.837. The van der Waals surface area contributed by atoms with E-state index in [4.69, 9.17) is 9.94 Å². The van der Waals surface area contributed by atoms with E-state index in [0.29, 0.717) is 0 Å². The highest BCUT2D eigenvalue weighted by Crippen LogP contribution is 2.20. The highest BCUT2D eigenvalue weighted by molar-refractivity contribution is 5.83. The first-order valence-electron chi connectivity index (χ1n) is 6.55. The first-order valence-corrected chi connectivity index (χ1v) is 6.55. The summed E-state index contributed by atoms with van der Waals surface area (Å²) >= 11 is 0. The SMILES string of the molecule is CC(CC(=O)O)C(=O)C[n+]1nncn1Oc1c(F)cccc1F. The Bertz CT molecular complexity index is 714. The Morgan fingerprint density at radius 3 is 2.65 bits per heavy atom. The number of aliphatic carboxylic acids is 1. The molecule has 0 saturated carbocycles. The number of Topliss-reactive ketones (excluding diaryl/α,β-unsaturated/α-hetero) is 1. The summed E-state index contributed by atoms with van der Waals surface area (Å²) in [5, 5.41) is 15.7. The van der Waals surface area contributed by atoms with E-state index in [-0.39, 0.29) is 13.0 Å². The third-order valence-corrected chi connectivity index (χ3v) is 2.96. The third kappa shape index (κ3) is 4.05. The number of carbonyl (C=O) groups excluding carboxylic acids is 1. The van der Waals surface area contributed by atoms with E-state index in [0.717, 1.165) is 28.1 Å². The molecule has 8 nitrogen and oxygen atoms in total. The summed E-state index contributed by atoms with van der Waals surface area (Å²) in [6, 6.07) is 3.19. The molecule has 1 aromatic heterocycles. The maximum Gasteiger partial charge on any atom is 0.313 e. The Balaban J connectivity index is 2.14. The smallest absolute Gasteiger partial charge is 0.313 e. The molecule has 1 unspecified atom stereocenters. The maximum absolute atomic E-state index is 13.5. The van der Waals surface area contributed by atoms with Crippen molar-refractivity contribution in [2.75, 3.05) is 0 Å². The number of rotatable bonds is 7. The topological polar surface area (TPSA) is 98.2 Å². The van der Waals surface area contributed by atoms with Gasteiger partial charge in [0, 0.05) is 10.8 Å². The molecule has 0 aliphatic rings. The van der Waals surface area contributed by atoms with Crippen LogP contribution in [-0.2, 0) is 16.1 Å². The Hall–Kier alpha value is -2.91. The molecule has 122 valence electrons. The van der Waals surface area contributed by atoms with Gasteiger partial charge in [0.05, 0.1) is 11.5 Å². The normalized spacial score (nSPS) is 12.0. The molecule has 10 heteroatoms. The van der Waals surface area contributed by atoms with Gasteiger partial charge in [-0.25, -0.2) is 8.78 Å². The highest BCUT2D eigenvalue weighted by atomic mass is 19.1. The van der Waals surface area contributed by atoms with Crippen LogP contribution in [-0.4, -0.2) is 32.0 Å². The van der Waals surface area contributed by atoms with Crippen molar-refractivity contribution >= 4 is 11.8 Å². The predicted molar refractivity (Wildman–Crippen MR) is 69.0 cm³/mol. The van der Waals surface area contributed by atoms with Crippen molar-refractivity contribution in [1.82, 2.24) is 15.2 Å². The number of carbonyl (C=O) groups is 2. The molecule has 2 aromatic rings. The van der Waals surface area contributed by atoms with Crippen molar-refractivity contribution in [3.8, 4) is 5.75 Å². The van der Waals surface area contributed by atoms with E-state index < -0.39 is 35.1 Å². The minimum atomic E-state index is -1.11. The van der Waals surface area contributed by atoms with Gasteiger partial charge in [0.2, 0.25) is 5.75 Å². The van der Waals surface area contributed by atoms with Gasteiger partial charge in [-0.15, -0.1) is 0 Å². The van der Waals surface area contributed by atoms with Crippen molar-refractivity contribution in [2.24, 2.45) is 5.92 Å². The monoisotopic (exact) mass is 327 g/mol. The highest BCUT2D eigenvalue weighted by Gasteiger charge is 2.24. The third-order valence-electron chi connectivity index (χ3n) is 2.96. The van der Waals surface area contributed by atoms with Crippen LogP contribution < -0.4 is 9.63 Å². The van der Waals surface area contributed by atoms with E-state index in [1.165, 1.54) is 13.0 Å². The van der Waals surface area contributed by atoms with Gasteiger partial charge in [-0.2, -0.15) is 0 Å². The lowest BCUT2D eigenvalue weighted by Gasteiger charge is -2.07. The number of hydrogen-bond acceptors (Lipinski definition) is 5. The van der Waals surface area contributed by atoms with Gasteiger partial charge in [-0.05, 0) is 16.9 Å². The second kappa shape index (κ2) is 6.90. The average molecular weight is 327 g/mol. The van der Waals surface area contributed by atoms with E-state index in [2.05, 4.69) is 10.3 Å². The van der Waals surface area contributed by atoms with E-state index in [1.807, 2.05) is 0 Å². The quantitative estimate of drug-likeness (QED) is 0.738. The van der Waals surface area contributed by atoms with Crippen LogP contribution in [0.3, 0.4) is 0 Å². The van der Waals surface area contributed by atoms with Gasteiger partial charge in [-0.3, -0.25) is 9.59 Å². The fourth-order valence-electron chi connectivity index (χ4n) is 1.73. The standard InChI is InChI=1S/C13H12F2N4O4/c1-8(5-12(21)22)11(20)6-18-17-16-7-19(18)23-13-9(14)3-2-4-10(13)15/h2-4,7-8H,5-6H2,1H3/p+1. The van der Waals surface area contributed by atoms with Gasteiger partial charge >= 0.3 is 12.3 Å². The minimum Gasteiger partial charge on any atom is -0.481 e. The zero-order valence-corrected chi connectivity index (χ0v) is 12.0. The fraction of sp³-hybridized carbons (Fsp3) is 0.308. The van der Waals surface area contributed by atoms with Gasteiger partial charge < -0.3 is 9.94 Å². The van der Waals surface area contributed by atoms with Crippen molar-refractivity contribution in [3.63, 3.8) is 0 Å². The van der Waals surface area contributed by atoms with Crippen LogP contribution in [0.5, 0.6) is 5.75 Å². The minimum absolute atomic E-state index is 0.337. The first kappa shape index (κ1) is 16.5. The summed E-state index contributed by atoms with van der Waals surface area (Å²) in [4.78, 5) is 29.2. The molecule has 0 bridgehead atoms. The molecule has 0 fully saturated rings. The number of benzene rings is 1. The number of tetrazole rings is 1. The number of ketones is 1. The molecule has 1 aromatic carbocycles. The summed E-state index contributed by atoms with van der Waals surface area (Å²) in [5.74, 6) is -4.85. The van der Waals surface area contributed by atoms with E-state index >= 15 is 0 Å². The molecule has 1 atom stereocenters. The van der Waals surface area contributed by atoms with Gasteiger partial charge in [0.1, 0.15) is 0 Å². The lowest BCUT2D eigenvalue weighted by atomic mass is 10.0. The summed E-state index contributed by atoms with van der Waals surface area (Å²) in [6.07, 6.45) is 0.678. The van der Waals surface area contributed by atoms with Gasteiger partial charge in [-0.1, -0.05) is 13.0 Å². The summed E-state index contributed by atoms with van der Waals surface area (Å²) < 4.78 is 27.1. The molecule has 0 saturated heterocycles. The van der Waals surface area contributed by atoms with Crippen LogP contribution in [0, 0.1) is 17.6 Å². The Kier molecular flexibility index (Phi) is 4.94. The van der Waals surface area contributed by atoms with Crippen molar-refractivity contribution in [3.05, 3.63) is 36.2 Å². The molecule has 2 rings (SSSR count). The Morgan fingerprint density at radius 1 is 1.39 bits per heavy atom. The molecule has 0 aliphatic carbocycles. The number of para-hydroxylation sites is 1. The number of aromatic nitrogens is 4. The molecule has 0 spiro atoms. The summed E-state index contributed by atoms with van der Waals surface area (Å²) in [5.41, 5.74) is 0. The fourth-order valence-corrected chi connectivity index (χ4v) is 1.73. The van der Waals surface area contributed by atoms with Crippen LogP contribution in [0.25, 0.3) is 0 Å². The number of carboxylic acid groups (broad SMARTS) is 1. The number of nitrogens with zero attached hydrogens (tertiary/aromatic N) is 4. The lowest BCUT2D eigenvalue weighted by Crippen LogP contribution is -2.51. The predicted octanol–water partition coefficient (Wildman–Crippen LogP) is 0.366. The summed E-state index contributed by atoms with van der Waals surface area (Å²) in [6.45, 7) is 1.10. The van der Waals surface area contributed by atoms with Crippen LogP contribution in [0.15, 0.2) is 24.5 Å².